The molecule has 1 fully saturated rings. The van der Waals surface area contributed by atoms with Gasteiger partial charge < -0.3 is 15.0 Å². The normalized spacial score (nSPS) is 14.9. The van der Waals surface area contributed by atoms with Crippen LogP contribution in [0.3, 0.4) is 0 Å². The number of rotatable bonds is 5. The predicted octanol–water partition coefficient (Wildman–Crippen LogP) is 3.64. The summed E-state index contributed by atoms with van der Waals surface area (Å²) in [6, 6.07) is 17.0. The summed E-state index contributed by atoms with van der Waals surface area (Å²) < 4.78 is 5.73. The van der Waals surface area contributed by atoms with E-state index in [0.29, 0.717) is 11.6 Å². The van der Waals surface area contributed by atoms with E-state index >= 15 is 0 Å². The Morgan fingerprint density at radius 1 is 1.00 bits per heavy atom. The zero-order chi connectivity index (χ0) is 18.6. The lowest BCUT2D eigenvalue weighted by molar-refractivity contribution is -0.122. The fourth-order valence-electron chi connectivity index (χ4n) is 3.20. The van der Waals surface area contributed by atoms with Crippen LogP contribution in [0.4, 0.5) is 11.6 Å². The van der Waals surface area contributed by atoms with Gasteiger partial charge in [-0.3, -0.25) is 4.79 Å². The van der Waals surface area contributed by atoms with Crippen molar-refractivity contribution in [2.75, 3.05) is 23.3 Å². The maximum atomic E-state index is 12.7. The van der Waals surface area contributed by atoms with Crippen LogP contribution in [-0.2, 0) is 4.79 Å². The van der Waals surface area contributed by atoms with Gasteiger partial charge in [0, 0.05) is 13.1 Å². The number of aromatic nitrogens is 2. The number of amides is 1. The number of anilines is 2. The lowest BCUT2D eigenvalue weighted by Crippen LogP contribution is -2.32. The van der Waals surface area contributed by atoms with Crippen LogP contribution < -0.4 is 15.0 Å². The topological polar surface area (TPSA) is 67.3 Å². The third-order valence-corrected chi connectivity index (χ3v) is 4.62. The van der Waals surface area contributed by atoms with Gasteiger partial charge in [-0.1, -0.05) is 30.3 Å². The van der Waals surface area contributed by atoms with Crippen molar-refractivity contribution >= 4 is 28.6 Å². The molecule has 1 aromatic heterocycles. The van der Waals surface area contributed by atoms with Gasteiger partial charge in [0.15, 0.2) is 17.7 Å². The largest absolute Gasteiger partial charge is 0.481 e. The molecule has 1 aliphatic rings. The number of carbonyl (C=O) groups is 1. The van der Waals surface area contributed by atoms with Gasteiger partial charge in [-0.15, -0.1) is 0 Å². The lowest BCUT2D eigenvalue weighted by atomic mass is 10.3. The van der Waals surface area contributed by atoms with Crippen molar-refractivity contribution in [3.05, 3.63) is 54.6 Å². The van der Waals surface area contributed by atoms with Crippen molar-refractivity contribution < 1.29 is 9.53 Å². The Bertz CT molecular complexity index is 939. The molecule has 27 heavy (non-hydrogen) atoms. The quantitative estimate of drug-likeness (QED) is 0.751. The average Bonchev–Trinajstić information content (AvgIpc) is 3.23. The van der Waals surface area contributed by atoms with Gasteiger partial charge in [0.25, 0.3) is 5.91 Å². The maximum absolute atomic E-state index is 12.7. The average molecular weight is 362 g/mol. The summed E-state index contributed by atoms with van der Waals surface area (Å²) in [5.74, 6) is 1.63. The van der Waals surface area contributed by atoms with E-state index in [1.54, 1.807) is 6.92 Å². The molecule has 1 aliphatic heterocycles. The van der Waals surface area contributed by atoms with Gasteiger partial charge in [-0.25, -0.2) is 9.97 Å². The summed E-state index contributed by atoms with van der Waals surface area (Å²) >= 11 is 0. The summed E-state index contributed by atoms with van der Waals surface area (Å²) in [7, 11) is 0. The molecule has 1 amide bonds. The van der Waals surface area contributed by atoms with Crippen molar-refractivity contribution in [1.29, 1.82) is 0 Å². The Balaban J connectivity index is 1.59. The van der Waals surface area contributed by atoms with Crippen molar-refractivity contribution in [2.45, 2.75) is 25.9 Å². The number of carbonyl (C=O) groups excluding carboxylic acids is 1. The van der Waals surface area contributed by atoms with E-state index in [-0.39, 0.29) is 5.91 Å². The maximum Gasteiger partial charge on any atom is 0.266 e. The van der Waals surface area contributed by atoms with Crippen molar-refractivity contribution in [3.8, 4) is 5.75 Å². The second-order valence-electron chi connectivity index (χ2n) is 6.64. The van der Waals surface area contributed by atoms with Crippen molar-refractivity contribution in [3.63, 3.8) is 0 Å². The fraction of sp³-hybridized carbons (Fsp3) is 0.286. The second kappa shape index (κ2) is 7.61. The summed E-state index contributed by atoms with van der Waals surface area (Å²) in [5, 5.41) is 2.92. The first kappa shape index (κ1) is 17.3. The molecule has 6 heteroatoms. The van der Waals surface area contributed by atoms with Gasteiger partial charge >= 0.3 is 0 Å². The number of nitrogens with zero attached hydrogens (tertiary/aromatic N) is 3. The molecule has 0 aliphatic carbocycles. The zero-order valence-corrected chi connectivity index (χ0v) is 15.3. The molecule has 0 radical (unpaired) electrons. The monoisotopic (exact) mass is 362 g/mol. The SMILES string of the molecule is CC(Oc1ccccc1)C(=O)Nc1nc2ccccc2nc1N1CCCC1. The highest BCUT2D eigenvalue weighted by atomic mass is 16.5. The minimum atomic E-state index is -0.646. The van der Waals surface area contributed by atoms with Gasteiger partial charge in [0.05, 0.1) is 11.0 Å². The smallest absolute Gasteiger partial charge is 0.266 e. The highest BCUT2D eigenvalue weighted by Gasteiger charge is 2.23. The van der Waals surface area contributed by atoms with Gasteiger partial charge in [0.1, 0.15) is 5.75 Å². The molecule has 1 N–H and O–H groups in total. The van der Waals surface area contributed by atoms with E-state index in [4.69, 9.17) is 9.72 Å². The Hall–Kier alpha value is -3.15. The van der Waals surface area contributed by atoms with E-state index in [2.05, 4.69) is 15.2 Å². The minimum absolute atomic E-state index is 0.246. The van der Waals surface area contributed by atoms with Gasteiger partial charge in [0.2, 0.25) is 0 Å². The number of ether oxygens (including phenoxy) is 1. The summed E-state index contributed by atoms with van der Waals surface area (Å²) in [5.41, 5.74) is 1.58. The highest BCUT2D eigenvalue weighted by Crippen LogP contribution is 2.28. The molecule has 3 aromatic rings. The van der Waals surface area contributed by atoms with Crippen LogP contribution in [0.1, 0.15) is 19.8 Å². The van der Waals surface area contributed by atoms with Crippen LogP contribution in [0.15, 0.2) is 54.6 Å². The minimum Gasteiger partial charge on any atom is -0.481 e. The zero-order valence-electron chi connectivity index (χ0n) is 15.3. The van der Waals surface area contributed by atoms with Crippen LogP contribution in [0, 0.1) is 0 Å². The summed E-state index contributed by atoms with van der Waals surface area (Å²) in [4.78, 5) is 24.3. The molecular formula is C21H22N4O2. The number of hydrogen-bond donors (Lipinski definition) is 1. The molecule has 0 spiro atoms. The Labute approximate surface area is 158 Å². The van der Waals surface area contributed by atoms with Gasteiger partial charge in [-0.2, -0.15) is 0 Å². The number of benzene rings is 2. The lowest BCUT2D eigenvalue weighted by Gasteiger charge is -2.21. The van der Waals surface area contributed by atoms with Crippen LogP contribution in [0.25, 0.3) is 11.0 Å². The third-order valence-electron chi connectivity index (χ3n) is 4.62. The number of para-hydroxylation sites is 3. The predicted molar refractivity (Wildman–Crippen MR) is 106 cm³/mol. The van der Waals surface area contributed by atoms with E-state index in [0.717, 1.165) is 42.8 Å². The molecular weight excluding hydrogens is 340 g/mol. The molecule has 2 aromatic carbocycles. The van der Waals surface area contributed by atoms with Crippen LogP contribution >= 0.6 is 0 Å². The molecule has 6 nitrogen and oxygen atoms in total. The first-order valence-corrected chi connectivity index (χ1v) is 9.25. The van der Waals surface area contributed by atoms with Crippen LogP contribution in [0.5, 0.6) is 5.75 Å². The number of fused-ring (bicyclic) bond motifs is 1. The highest BCUT2D eigenvalue weighted by molar-refractivity contribution is 5.96. The molecule has 1 unspecified atom stereocenters. The van der Waals surface area contributed by atoms with E-state index in [1.807, 2.05) is 54.6 Å². The van der Waals surface area contributed by atoms with Crippen molar-refractivity contribution in [2.24, 2.45) is 0 Å². The van der Waals surface area contributed by atoms with E-state index in [9.17, 15) is 4.79 Å². The molecule has 1 saturated heterocycles. The van der Waals surface area contributed by atoms with Crippen molar-refractivity contribution in [1.82, 2.24) is 9.97 Å². The third kappa shape index (κ3) is 3.84. The van der Waals surface area contributed by atoms with E-state index in [1.165, 1.54) is 0 Å². The first-order chi connectivity index (χ1) is 13.2. The Morgan fingerprint density at radius 2 is 1.63 bits per heavy atom. The Morgan fingerprint density at radius 3 is 2.33 bits per heavy atom. The summed E-state index contributed by atoms with van der Waals surface area (Å²) in [6.07, 6.45) is 1.59. The fourth-order valence-corrected chi connectivity index (χ4v) is 3.20. The molecule has 138 valence electrons. The van der Waals surface area contributed by atoms with Crippen LogP contribution in [-0.4, -0.2) is 35.1 Å². The molecule has 2 heterocycles. The molecule has 0 bridgehead atoms. The van der Waals surface area contributed by atoms with E-state index < -0.39 is 6.10 Å². The molecule has 1 atom stereocenters. The Kier molecular flexibility index (Phi) is 4.87. The standard InChI is InChI=1S/C21H22N4O2/c1-15(27-16-9-3-2-4-10-16)21(26)24-19-20(25-13-7-8-14-25)23-18-12-6-5-11-17(18)22-19/h2-6,9-12,15H,7-8,13-14H2,1H3,(H,22,24,26). The van der Waals surface area contributed by atoms with Crippen LogP contribution in [0.2, 0.25) is 0 Å². The van der Waals surface area contributed by atoms with Gasteiger partial charge in [-0.05, 0) is 44.0 Å². The number of hydrogen-bond acceptors (Lipinski definition) is 5. The second-order valence-corrected chi connectivity index (χ2v) is 6.64. The summed E-state index contributed by atoms with van der Waals surface area (Å²) in [6.45, 7) is 3.57. The first-order valence-electron chi connectivity index (χ1n) is 9.25. The number of nitrogens with one attached hydrogen (secondary N) is 1. The molecule has 4 rings (SSSR count). The molecule has 0 saturated carbocycles.